The molecule has 0 bridgehead atoms. The lowest BCUT2D eigenvalue weighted by molar-refractivity contribution is 1.21. The molecule has 0 aliphatic heterocycles. The third-order valence-corrected chi connectivity index (χ3v) is 2.82. The van der Waals surface area contributed by atoms with Gasteiger partial charge in [0, 0.05) is 0 Å². The molecular formula is C19H22. The molecule has 0 radical (unpaired) electrons. The molecule has 0 nitrogen and oxygen atoms in total. The molecule has 0 saturated heterocycles. The van der Waals surface area contributed by atoms with Crippen molar-refractivity contribution in [3.63, 3.8) is 0 Å². The van der Waals surface area contributed by atoms with Gasteiger partial charge in [0.1, 0.15) is 0 Å². The van der Waals surface area contributed by atoms with Gasteiger partial charge in [-0.25, -0.2) is 0 Å². The van der Waals surface area contributed by atoms with Crippen LogP contribution in [0.3, 0.4) is 0 Å². The fraction of sp³-hybridized carbons (Fsp3) is 0.158. The maximum Gasteiger partial charge on any atom is -0.00258 e. The van der Waals surface area contributed by atoms with Gasteiger partial charge in [-0.15, -0.1) is 0 Å². The average molecular weight is 250 g/mol. The van der Waals surface area contributed by atoms with Gasteiger partial charge in [-0.1, -0.05) is 87.7 Å². The van der Waals surface area contributed by atoms with E-state index in [-0.39, 0.29) is 0 Å². The highest BCUT2D eigenvalue weighted by Gasteiger charge is 1.98. The second-order valence-corrected chi connectivity index (χ2v) is 4.04. The van der Waals surface area contributed by atoms with E-state index in [1.165, 1.54) is 21.9 Å². The van der Waals surface area contributed by atoms with Gasteiger partial charge in [0.2, 0.25) is 0 Å². The summed E-state index contributed by atoms with van der Waals surface area (Å²) in [5.74, 6) is 0. The fourth-order valence-corrected chi connectivity index (χ4v) is 1.93. The standard InChI is InChI=1S/C17H16.C2H6/c1-3-7-14(4-2)12-15-10-11-16-8-5-6-9-17(16)13-15;1-2/h3-11,13H,1-2,12H2;1-2H3/b14-7+;. The first kappa shape index (κ1) is 15.0. The van der Waals surface area contributed by atoms with Crippen LogP contribution in [0.25, 0.3) is 10.8 Å². The molecule has 2 aromatic rings. The molecule has 0 aliphatic carbocycles. The summed E-state index contributed by atoms with van der Waals surface area (Å²) in [6.07, 6.45) is 6.59. The molecular weight excluding hydrogens is 228 g/mol. The summed E-state index contributed by atoms with van der Waals surface area (Å²) in [5.41, 5.74) is 2.49. The van der Waals surface area contributed by atoms with E-state index in [1.54, 1.807) is 6.08 Å². The minimum atomic E-state index is 0.903. The van der Waals surface area contributed by atoms with Crippen LogP contribution >= 0.6 is 0 Å². The van der Waals surface area contributed by atoms with Gasteiger partial charge in [-0.05, 0) is 28.3 Å². The number of allylic oxidation sites excluding steroid dienone is 4. The molecule has 0 heteroatoms. The van der Waals surface area contributed by atoms with E-state index in [1.807, 2.05) is 26.0 Å². The molecule has 98 valence electrons. The van der Waals surface area contributed by atoms with E-state index < -0.39 is 0 Å². The molecule has 0 aliphatic rings. The summed E-state index contributed by atoms with van der Waals surface area (Å²) in [5, 5.41) is 2.57. The van der Waals surface area contributed by atoms with Gasteiger partial charge in [-0.3, -0.25) is 0 Å². The van der Waals surface area contributed by atoms with Crippen LogP contribution in [0.5, 0.6) is 0 Å². The largest absolute Gasteiger partial charge is 0.0991 e. The molecule has 0 spiro atoms. The first-order chi connectivity index (χ1) is 9.33. The second-order valence-electron chi connectivity index (χ2n) is 4.04. The van der Waals surface area contributed by atoms with Crippen molar-refractivity contribution in [1.29, 1.82) is 0 Å². The number of benzene rings is 2. The maximum atomic E-state index is 3.82. The molecule has 0 saturated carbocycles. The molecule has 0 atom stereocenters. The highest BCUT2D eigenvalue weighted by molar-refractivity contribution is 5.83. The molecule has 0 aromatic heterocycles. The molecule has 2 aromatic carbocycles. The quantitative estimate of drug-likeness (QED) is 0.610. The third-order valence-electron chi connectivity index (χ3n) is 2.82. The Morgan fingerprint density at radius 2 is 1.68 bits per heavy atom. The number of rotatable bonds is 4. The first-order valence-corrected chi connectivity index (χ1v) is 6.75. The summed E-state index contributed by atoms with van der Waals surface area (Å²) >= 11 is 0. The number of hydrogen-bond donors (Lipinski definition) is 0. The summed E-state index contributed by atoms with van der Waals surface area (Å²) in [6, 6.07) is 15.0. The Labute approximate surface area is 116 Å². The predicted octanol–water partition coefficient (Wildman–Crippen LogP) is 5.71. The molecule has 2 rings (SSSR count). The molecule has 0 unspecified atom stereocenters. The van der Waals surface area contributed by atoms with Crippen LogP contribution in [0, 0.1) is 0 Å². The fourth-order valence-electron chi connectivity index (χ4n) is 1.93. The lowest BCUT2D eigenvalue weighted by Crippen LogP contribution is -1.87. The lowest BCUT2D eigenvalue weighted by atomic mass is 10.0. The second kappa shape index (κ2) is 8.10. The van der Waals surface area contributed by atoms with Crippen LogP contribution in [0.2, 0.25) is 0 Å². The predicted molar refractivity (Wildman–Crippen MR) is 87.5 cm³/mol. The third kappa shape index (κ3) is 4.26. The van der Waals surface area contributed by atoms with Gasteiger partial charge in [0.25, 0.3) is 0 Å². The molecule has 0 heterocycles. The average Bonchev–Trinajstić information content (AvgIpc) is 2.48. The van der Waals surface area contributed by atoms with E-state index in [9.17, 15) is 0 Å². The molecule has 19 heavy (non-hydrogen) atoms. The summed E-state index contributed by atoms with van der Waals surface area (Å²) in [6.45, 7) is 11.5. The minimum Gasteiger partial charge on any atom is -0.0991 e. The molecule has 0 fully saturated rings. The van der Waals surface area contributed by atoms with Crippen molar-refractivity contribution in [2.45, 2.75) is 20.3 Å². The Bertz CT molecular complexity index is 573. The Hall–Kier alpha value is -2.08. The number of fused-ring (bicyclic) bond motifs is 1. The van der Waals surface area contributed by atoms with Crippen molar-refractivity contribution in [1.82, 2.24) is 0 Å². The SMILES string of the molecule is C=C/C=C(\C=C)Cc1ccc2ccccc2c1.CC. The van der Waals surface area contributed by atoms with E-state index in [2.05, 4.69) is 55.6 Å². The van der Waals surface area contributed by atoms with Gasteiger partial charge < -0.3 is 0 Å². The molecule has 0 N–H and O–H groups in total. The Kier molecular flexibility index (Phi) is 6.38. The van der Waals surface area contributed by atoms with E-state index >= 15 is 0 Å². The topological polar surface area (TPSA) is 0 Å². The highest BCUT2D eigenvalue weighted by atomic mass is 14.0. The van der Waals surface area contributed by atoms with Gasteiger partial charge >= 0.3 is 0 Å². The Morgan fingerprint density at radius 3 is 2.32 bits per heavy atom. The van der Waals surface area contributed by atoms with Crippen molar-refractivity contribution < 1.29 is 0 Å². The van der Waals surface area contributed by atoms with Gasteiger partial charge in [0.15, 0.2) is 0 Å². The van der Waals surface area contributed by atoms with Crippen molar-refractivity contribution in [3.05, 3.63) is 85.0 Å². The smallest absolute Gasteiger partial charge is 0.00258 e. The summed E-state index contributed by atoms with van der Waals surface area (Å²) in [4.78, 5) is 0. The minimum absolute atomic E-state index is 0.903. The normalized spacial score (nSPS) is 10.5. The van der Waals surface area contributed by atoms with Crippen LogP contribution in [0.15, 0.2) is 79.4 Å². The van der Waals surface area contributed by atoms with Crippen LogP contribution in [0.4, 0.5) is 0 Å². The zero-order valence-corrected chi connectivity index (χ0v) is 11.9. The van der Waals surface area contributed by atoms with Crippen molar-refractivity contribution >= 4 is 10.8 Å². The zero-order chi connectivity index (χ0) is 14.1. The zero-order valence-electron chi connectivity index (χ0n) is 11.9. The molecule has 0 amide bonds. The monoisotopic (exact) mass is 250 g/mol. The van der Waals surface area contributed by atoms with Gasteiger partial charge in [-0.2, -0.15) is 0 Å². The van der Waals surface area contributed by atoms with Crippen LogP contribution in [0.1, 0.15) is 19.4 Å². The van der Waals surface area contributed by atoms with E-state index in [4.69, 9.17) is 0 Å². The van der Waals surface area contributed by atoms with Crippen LogP contribution in [-0.4, -0.2) is 0 Å². The Balaban J connectivity index is 0.000000861. The summed E-state index contributed by atoms with van der Waals surface area (Å²) in [7, 11) is 0. The van der Waals surface area contributed by atoms with Crippen LogP contribution < -0.4 is 0 Å². The van der Waals surface area contributed by atoms with Crippen molar-refractivity contribution in [2.24, 2.45) is 0 Å². The number of hydrogen-bond acceptors (Lipinski definition) is 0. The maximum absolute atomic E-state index is 3.82. The van der Waals surface area contributed by atoms with E-state index in [0.29, 0.717) is 0 Å². The van der Waals surface area contributed by atoms with Crippen molar-refractivity contribution in [2.75, 3.05) is 0 Å². The van der Waals surface area contributed by atoms with E-state index in [0.717, 1.165) is 6.42 Å². The first-order valence-electron chi connectivity index (χ1n) is 6.75. The lowest BCUT2D eigenvalue weighted by Gasteiger charge is -2.04. The van der Waals surface area contributed by atoms with Crippen molar-refractivity contribution in [3.8, 4) is 0 Å². The highest BCUT2D eigenvalue weighted by Crippen LogP contribution is 2.18. The van der Waals surface area contributed by atoms with Gasteiger partial charge in [0.05, 0.1) is 0 Å². The van der Waals surface area contributed by atoms with Crippen LogP contribution in [-0.2, 0) is 6.42 Å². The Morgan fingerprint density at radius 1 is 1.00 bits per heavy atom. The summed E-state index contributed by atoms with van der Waals surface area (Å²) < 4.78 is 0.